The summed E-state index contributed by atoms with van der Waals surface area (Å²) in [5.41, 5.74) is 6.72. The summed E-state index contributed by atoms with van der Waals surface area (Å²) < 4.78 is 59.6. The predicted molar refractivity (Wildman–Crippen MR) is 154 cm³/mol. The minimum absolute atomic E-state index is 0.0141. The van der Waals surface area contributed by atoms with Gasteiger partial charge >= 0.3 is 5.97 Å². The number of nitrogens with two attached hydrogens (primary N) is 1. The average Bonchev–Trinajstić information content (AvgIpc) is 3.35. The van der Waals surface area contributed by atoms with Crippen molar-refractivity contribution < 1.29 is 46.5 Å². The second-order valence-electron chi connectivity index (χ2n) is 9.58. The fraction of sp³-hybridized carbons (Fsp3) is 0.444. The van der Waals surface area contributed by atoms with Crippen LogP contribution in [0.1, 0.15) is 23.1 Å². The summed E-state index contributed by atoms with van der Waals surface area (Å²) in [6.07, 6.45) is 2.06. The maximum atomic E-state index is 15.1. The molecular weight excluding hydrogens is 605 g/mol. The Morgan fingerprint density at radius 2 is 1.66 bits per heavy atom. The molecule has 0 radical (unpaired) electrons. The van der Waals surface area contributed by atoms with Crippen molar-refractivity contribution in [2.45, 2.75) is 31.6 Å². The van der Waals surface area contributed by atoms with Crippen molar-refractivity contribution in [2.75, 3.05) is 58.0 Å². The molecule has 3 N–H and O–H groups in total. The van der Waals surface area contributed by atoms with Crippen molar-refractivity contribution in [3.8, 4) is 0 Å². The number of nitrogens with one attached hydrogen (secondary N) is 1. The summed E-state index contributed by atoms with van der Waals surface area (Å²) >= 11 is 0. The molecule has 0 saturated carbocycles. The number of sulfonamides is 1. The fourth-order valence-electron chi connectivity index (χ4n) is 3.97. The standard InChI is InChI=1S/C27H36FN5O10S/c1-20-3-4-21(2)22(15-20)16-23-18-31(30-32(23)26-6-5-24(17-25(26)28)44(29,37)38)19-42-27(34)7-8-39-9-10-40-11-12-41-13-14-43-33(35)36/h3-6,15,17-18,30H,7-14,16,19H2,1-2H3,(H2,29,37,38). The van der Waals surface area contributed by atoms with Gasteiger partial charge in [-0.05, 0) is 43.2 Å². The van der Waals surface area contributed by atoms with Crippen LogP contribution in [-0.2, 0) is 45.0 Å². The Morgan fingerprint density at radius 1 is 1.00 bits per heavy atom. The first-order valence-corrected chi connectivity index (χ1v) is 15.1. The lowest BCUT2D eigenvalue weighted by molar-refractivity contribution is -0.758. The first kappa shape index (κ1) is 34.6. The number of nitrogens with zero attached hydrogens (tertiary/aromatic N) is 3. The third kappa shape index (κ3) is 11.3. The second kappa shape index (κ2) is 16.8. The van der Waals surface area contributed by atoms with E-state index in [4.69, 9.17) is 24.1 Å². The number of halogens is 1. The molecule has 0 spiro atoms. The molecule has 15 nitrogen and oxygen atoms in total. The van der Waals surface area contributed by atoms with Crippen molar-refractivity contribution >= 4 is 21.7 Å². The van der Waals surface area contributed by atoms with Gasteiger partial charge in [0.25, 0.3) is 5.09 Å². The maximum absolute atomic E-state index is 15.1. The van der Waals surface area contributed by atoms with Crippen molar-refractivity contribution in [3.05, 3.63) is 80.9 Å². The summed E-state index contributed by atoms with van der Waals surface area (Å²) in [6, 6.07) is 9.37. The van der Waals surface area contributed by atoms with Crippen LogP contribution in [0.2, 0.25) is 0 Å². The Morgan fingerprint density at radius 3 is 2.30 bits per heavy atom. The molecule has 0 aliphatic carbocycles. The molecule has 0 unspecified atom stereocenters. The fourth-order valence-corrected chi connectivity index (χ4v) is 4.50. The Kier molecular flexibility index (Phi) is 13.2. The van der Waals surface area contributed by atoms with Crippen LogP contribution >= 0.6 is 0 Å². The highest BCUT2D eigenvalue weighted by molar-refractivity contribution is 7.89. The largest absolute Gasteiger partial charge is 0.443 e. The summed E-state index contributed by atoms with van der Waals surface area (Å²) in [5, 5.41) is 17.2. The molecule has 242 valence electrons. The lowest BCUT2D eigenvalue weighted by Crippen LogP contribution is -2.42. The monoisotopic (exact) mass is 641 g/mol. The van der Waals surface area contributed by atoms with Crippen LogP contribution in [0.4, 0.5) is 10.1 Å². The molecule has 2 aromatic rings. The number of hydrogen-bond acceptors (Lipinski definition) is 13. The van der Waals surface area contributed by atoms with E-state index in [9.17, 15) is 23.3 Å². The Balaban J connectivity index is 1.47. The molecule has 0 fully saturated rings. The van der Waals surface area contributed by atoms with Crippen molar-refractivity contribution in [3.63, 3.8) is 0 Å². The first-order valence-electron chi connectivity index (χ1n) is 13.5. The summed E-state index contributed by atoms with van der Waals surface area (Å²) in [5.74, 6) is -1.34. The van der Waals surface area contributed by atoms with Gasteiger partial charge in [0.1, 0.15) is 12.4 Å². The number of carbonyl (C=O) groups excluding carboxylic acids is 1. The molecule has 0 atom stereocenters. The number of carbonyl (C=O) groups is 1. The van der Waals surface area contributed by atoms with Gasteiger partial charge in [-0.25, -0.2) is 17.9 Å². The van der Waals surface area contributed by atoms with Gasteiger partial charge in [0.15, 0.2) is 6.73 Å². The molecule has 0 bridgehead atoms. The number of rotatable bonds is 19. The minimum Gasteiger partial charge on any atom is -0.443 e. The van der Waals surface area contributed by atoms with E-state index in [-0.39, 0.29) is 70.0 Å². The number of hydrogen-bond donors (Lipinski definition) is 2. The van der Waals surface area contributed by atoms with Crippen LogP contribution in [0, 0.1) is 29.8 Å². The number of esters is 1. The molecule has 2 aromatic carbocycles. The first-order chi connectivity index (χ1) is 20.9. The highest BCUT2D eigenvalue weighted by Crippen LogP contribution is 2.29. The van der Waals surface area contributed by atoms with E-state index >= 15 is 4.39 Å². The van der Waals surface area contributed by atoms with E-state index in [1.807, 2.05) is 32.0 Å². The number of anilines is 1. The topological polar surface area (TPSA) is 185 Å². The van der Waals surface area contributed by atoms with Gasteiger partial charge in [-0.15, -0.1) is 15.6 Å². The third-order valence-corrected chi connectivity index (χ3v) is 7.08. The van der Waals surface area contributed by atoms with E-state index in [1.165, 1.54) is 22.2 Å². The molecule has 0 aromatic heterocycles. The molecule has 0 saturated heterocycles. The molecular formula is C27H36FN5O10S. The molecule has 17 heteroatoms. The second-order valence-corrected chi connectivity index (χ2v) is 11.1. The number of aryl methyl sites for hydroxylation is 2. The zero-order valence-corrected chi connectivity index (χ0v) is 25.2. The number of hydrazine groups is 2. The molecule has 1 aliphatic rings. The highest BCUT2D eigenvalue weighted by Gasteiger charge is 2.26. The zero-order chi connectivity index (χ0) is 32.1. The quantitative estimate of drug-likeness (QED) is 0.0981. The number of primary sulfonamides is 1. The van der Waals surface area contributed by atoms with E-state index in [0.29, 0.717) is 12.1 Å². The van der Waals surface area contributed by atoms with Crippen LogP contribution < -0.4 is 15.7 Å². The van der Waals surface area contributed by atoms with Crippen molar-refractivity contribution in [1.29, 1.82) is 0 Å². The lowest BCUT2D eigenvalue weighted by Gasteiger charge is -2.25. The summed E-state index contributed by atoms with van der Waals surface area (Å²) in [4.78, 5) is 26.0. The van der Waals surface area contributed by atoms with Gasteiger partial charge in [-0.1, -0.05) is 23.8 Å². The molecule has 0 amide bonds. The van der Waals surface area contributed by atoms with Gasteiger partial charge in [-0.3, -0.25) is 14.8 Å². The Hall–Kier alpha value is -3.87. The highest BCUT2D eigenvalue weighted by atomic mass is 32.2. The Bertz CT molecular complexity index is 1430. The normalized spacial score (nSPS) is 13.2. The van der Waals surface area contributed by atoms with E-state index in [0.717, 1.165) is 22.8 Å². The lowest BCUT2D eigenvalue weighted by atomic mass is 10.0. The van der Waals surface area contributed by atoms with E-state index < -0.39 is 26.9 Å². The molecule has 1 heterocycles. The van der Waals surface area contributed by atoms with Gasteiger partial charge in [0.2, 0.25) is 10.0 Å². The van der Waals surface area contributed by atoms with Crippen LogP contribution in [-0.4, -0.2) is 77.5 Å². The summed E-state index contributed by atoms with van der Waals surface area (Å²) in [6.45, 7) is 4.76. The number of ether oxygens (including phenoxy) is 4. The minimum atomic E-state index is -4.09. The number of benzene rings is 2. The predicted octanol–water partition coefficient (Wildman–Crippen LogP) is 1.86. The summed E-state index contributed by atoms with van der Waals surface area (Å²) in [7, 11) is -4.09. The van der Waals surface area contributed by atoms with Gasteiger partial charge < -0.3 is 23.8 Å². The molecule has 1 aliphatic heterocycles. The SMILES string of the molecule is Cc1ccc(C)c(CC2=CN(COC(=O)CCOCCOCCOCCO[N+](=O)[O-])NN2c2ccc(S(N)(=O)=O)cc2F)c1. The van der Waals surface area contributed by atoms with Crippen LogP contribution in [0.5, 0.6) is 0 Å². The molecule has 3 rings (SSSR count). The van der Waals surface area contributed by atoms with Gasteiger partial charge in [0.05, 0.1) is 62.3 Å². The third-order valence-electron chi connectivity index (χ3n) is 6.17. The smallest absolute Gasteiger partial charge is 0.309 e. The molecule has 44 heavy (non-hydrogen) atoms. The maximum Gasteiger partial charge on any atom is 0.309 e. The van der Waals surface area contributed by atoms with Crippen molar-refractivity contribution in [1.82, 2.24) is 10.5 Å². The van der Waals surface area contributed by atoms with Gasteiger partial charge in [0, 0.05) is 12.6 Å². The number of allylic oxidation sites excluding steroid dienone is 1. The van der Waals surface area contributed by atoms with Crippen LogP contribution in [0.15, 0.2) is 53.2 Å². The zero-order valence-electron chi connectivity index (χ0n) is 24.4. The van der Waals surface area contributed by atoms with Crippen molar-refractivity contribution in [2.24, 2.45) is 5.14 Å². The Labute approximate surface area is 254 Å². The van der Waals surface area contributed by atoms with E-state index in [1.54, 1.807) is 6.20 Å². The van der Waals surface area contributed by atoms with Crippen LogP contribution in [0.3, 0.4) is 0 Å². The van der Waals surface area contributed by atoms with Gasteiger partial charge in [-0.2, -0.15) is 0 Å². The average molecular weight is 642 g/mol. The van der Waals surface area contributed by atoms with E-state index in [2.05, 4.69) is 10.4 Å². The van der Waals surface area contributed by atoms with Crippen LogP contribution in [0.25, 0.3) is 0 Å².